The van der Waals surface area contributed by atoms with Gasteiger partial charge in [-0.05, 0) is 36.4 Å². The summed E-state index contributed by atoms with van der Waals surface area (Å²) < 4.78 is 12.4. The Morgan fingerprint density at radius 2 is 1.67 bits per heavy atom. The normalized spacial score (nSPS) is 11.1. The number of hydrogen-bond acceptors (Lipinski definition) is 3. The predicted molar refractivity (Wildman–Crippen MR) is 105 cm³/mol. The highest BCUT2D eigenvalue weighted by molar-refractivity contribution is 6.07. The van der Waals surface area contributed by atoms with Crippen molar-refractivity contribution in [1.29, 1.82) is 0 Å². The number of nitrogens with one attached hydrogen (secondary N) is 1. The third-order valence-electron chi connectivity index (χ3n) is 4.99. The molecule has 136 valence electrons. The van der Waals surface area contributed by atoms with Crippen LogP contribution in [0.2, 0.25) is 0 Å². The van der Waals surface area contributed by atoms with Gasteiger partial charge in [0.15, 0.2) is 6.20 Å². The topological polar surface area (TPSA) is 55.2 Å². The third-order valence-corrected chi connectivity index (χ3v) is 4.99. The van der Waals surface area contributed by atoms with Crippen molar-refractivity contribution in [2.24, 2.45) is 0 Å². The summed E-state index contributed by atoms with van der Waals surface area (Å²) in [6.45, 7) is 2.31. The highest BCUT2D eigenvalue weighted by Gasteiger charge is 2.19. The number of aromatic nitrogens is 2. The molecule has 2 aromatic heterocycles. The molecule has 0 radical (unpaired) electrons. The number of rotatable bonds is 5. The Hall–Kier alpha value is -3.34. The number of nitrogens with zero attached hydrogens (tertiary/aromatic N) is 1. The Bertz CT molecular complexity index is 1140. The van der Waals surface area contributed by atoms with E-state index < -0.39 is 0 Å². The molecule has 0 aliphatic heterocycles. The number of hydrogen-bond donors (Lipinski definition) is 1. The fraction of sp³-hybridized carbons (Fsp3) is 0.182. The molecule has 4 aromatic rings. The molecule has 0 fully saturated rings. The molecule has 0 saturated carbocycles. The van der Waals surface area contributed by atoms with Crippen LogP contribution in [0.5, 0.6) is 11.5 Å². The number of fused-ring (bicyclic) bond motifs is 3. The SMILES string of the molecule is COc1ccc(C(=O)C[n+]2ccc3c([nH]c4cc(OC)ccc43)c2C)cc1. The van der Waals surface area contributed by atoms with E-state index in [1.165, 1.54) is 0 Å². The molecule has 0 spiro atoms. The van der Waals surface area contributed by atoms with E-state index in [1.807, 2.05) is 29.8 Å². The van der Waals surface area contributed by atoms with Crippen molar-refractivity contribution < 1.29 is 18.8 Å². The molecule has 2 aromatic carbocycles. The van der Waals surface area contributed by atoms with E-state index in [1.54, 1.807) is 38.5 Å². The summed E-state index contributed by atoms with van der Waals surface area (Å²) in [5.41, 5.74) is 3.74. The average Bonchev–Trinajstić information content (AvgIpc) is 3.08. The van der Waals surface area contributed by atoms with Crippen LogP contribution in [0, 0.1) is 6.92 Å². The Kier molecular flexibility index (Phi) is 4.28. The molecule has 2 heterocycles. The molecule has 0 saturated heterocycles. The number of benzene rings is 2. The smallest absolute Gasteiger partial charge is 0.227 e. The van der Waals surface area contributed by atoms with Gasteiger partial charge < -0.3 is 14.5 Å². The lowest BCUT2D eigenvalue weighted by Crippen LogP contribution is -2.40. The van der Waals surface area contributed by atoms with Crippen molar-refractivity contribution in [3.05, 3.63) is 66.0 Å². The molecule has 0 unspecified atom stereocenters. The second kappa shape index (κ2) is 6.76. The van der Waals surface area contributed by atoms with Gasteiger partial charge in [-0.3, -0.25) is 4.79 Å². The molecule has 5 heteroatoms. The predicted octanol–water partition coefficient (Wildman–Crippen LogP) is 3.82. The van der Waals surface area contributed by atoms with Crippen molar-refractivity contribution in [1.82, 2.24) is 4.98 Å². The van der Waals surface area contributed by atoms with Gasteiger partial charge in [-0.2, -0.15) is 4.57 Å². The second-order valence-corrected chi connectivity index (χ2v) is 6.51. The molecule has 4 rings (SSSR count). The van der Waals surface area contributed by atoms with Crippen molar-refractivity contribution in [3.8, 4) is 11.5 Å². The summed E-state index contributed by atoms with van der Waals surface area (Å²) in [7, 11) is 3.27. The van der Waals surface area contributed by atoms with Crippen molar-refractivity contribution in [2.75, 3.05) is 14.2 Å². The molecule has 0 bridgehead atoms. The number of ether oxygens (including phenoxy) is 2. The zero-order valence-electron chi connectivity index (χ0n) is 15.6. The number of ketones is 1. The van der Waals surface area contributed by atoms with E-state index in [-0.39, 0.29) is 12.3 Å². The molecular formula is C22H21N2O3+. The van der Waals surface area contributed by atoms with Gasteiger partial charge in [0.25, 0.3) is 0 Å². The molecule has 0 amide bonds. The van der Waals surface area contributed by atoms with Crippen LogP contribution >= 0.6 is 0 Å². The average molecular weight is 361 g/mol. The van der Waals surface area contributed by atoms with Gasteiger partial charge in [0.1, 0.15) is 17.0 Å². The fourth-order valence-corrected chi connectivity index (χ4v) is 3.40. The second-order valence-electron chi connectivity index (χ2n) is 6.51. The third kappa shape index (κ3) is 3.01. The number of Topliss-reactive ketones (excluding diaryl/α,β-unsaturated/α-hetero) is 1. The van der Waals surface area contributed by atoms with Crippen LogP contribution in [-0.4, -0.2) is 25.0 Å². The lowest BCUT2D eigenvalue weighted by Gasteiger charge is -2.03. The van der Waals surface area contributed by atoms with Crippen LogP contribution in [-0.2, 0) is 6.54 Å². The quantitative estimate of drug-likeness (QED) is 0.434. The Morgan fingerprint density at radius 1 is 0.963 bits per heavy atom. The van der Waals surface area contributed by atoms with Gasteiger partial charge in [0.05, 0.1) is 19.7 Å². The van der Waals surface area contributed by atoms with E-state index in [9.17, 15) is 4.79 Å². The molecule has 0 atom stereocenters. The maximum Gasteiger partial charge on any atom is 0.227 e. The zero-order valence-corrected chi connectivity index (χ0v) is 15.6. The van der Waals surface area contributed by atoms with Gasteiger partial charge in [-0.1, -0.05) is 0 Å². The number of aryl methyl sites for hydroxylation is 1. The summed E-state index contributed by atoms with van der Waals surface area (Å²) in [6, 6.07) is 15.3. The van der Waals surface area contributed by atoms with Gasteiger partial charge >= 0.3 is 0 Å². The molecule has 5 nitrogen and oxygen atoms in total. The van der Waals surface area contributed by atoms with E-state index in [0.717, 1.165) is 39.0 Å². The molecule has 0 aliphatic carbocycles. The first kappa shape index (κ1) is 17.1. The summed E-state index contributed by atoms with van der Waals surface area (Å²) >= 11 is 0. The van der Waals surface area contributed by atoms with Crippen LogP contribution in [0.4, 0.5) is 0 Å². The van der Waals surface area contributed by atoms with Crippen LogP contribution in [0.25, 0.3) is 21.8 Å². The van der Waals surface area contributed by atoms with E-state index in [4.69, 9.17) is 9.47 Å². The summed E-state index contributed by atoms with van der Waals surface area (Å²) in [4.78, 5) is 16.1. The molecule has 27 heavy (non-hydrogen) atoms. The van der Waals surface area contributed by atoms with Gasteiger partial charge in [-0.25, -0.2) is 0 Å². The number of H-pyrrole nitrogens is 1. The van der Waals surface area contributed by atoms with Gasteiger partial charge in [0, 0.05) is 35.4 Å². The fourth-order valence-electron chi connectivity index (χ4n) is 3.40. The first-order chi connectivity index (χ1) is 13.1. The first-order valence-electron chi connectivity index (χ1n) is 8.76. The number of methoxy groups -OCH3 is 2. The Morgan fingerprint density at radius 3 is 2.37 bits per heavy atom. The van der Waals surface area contributed by atoms with Gasteiger partial charge in [0.2, 0.25) is 18.0 Å². The van der Waals surface area contributed by atoms with E-state index >= 15 is 0 Å². The lowest BCUT2D eigenvalue weighted by atomic mass is 10.1. The largest absolute Gasteiger partial charge is 0.497 e. The molecule has 0 aliphatic rings. The highest BCUT2D eigenvalue weighted by Crippen LogP contribution is 2.28. The molecular weight excluding hydrogens is 340 g/mol. The Labute approximate surface area is 157 Å². The van der Waals surface area contributed by atoms with E-state index in [2.05, 4.69) is 17.1 Å². The number of carbonyl (C=O) groups excluding carboxylic acids is 1. The van der Waals surface area contributed by atoms with Crippen LogP contribution in [0.1, 0.15) is 16.1 Å². The molecule has 1 N–H and O–H groups in total. The number of aromatic amines is 1. The zero-order chi connectivity index (χ0) is 19.0. The Balaban J connectivity index is 1.70. The summed E-state index contributed by atoms with van der Waals surface area (Å²) in [5.74, 6) is 1.61. The number of carbonyl (C=O) groups is 1. The first-order valence-corrected chi connectivity index (χ1v) is 8.76. The highest BCUT2D eigenvalue weighted by atomic mass is 16.5. The summed E-state index contributed by atoms with van der Waals surface area (Å²) in [6.07, 6.45) is 1.97. The maximum atomic E-state index is 12.7. The van der Waals surface area contributed by atoms with Crippen LogP contribution in [0.3, 0.4) is 0 Å². The minimum absolute atomic E-state index is 0.0582. The maximum absolute atomic E-state index is 12.7. The van der Waals surface area contributed by atoms with Crippen molar-refractivity contribution in [3.63, 3.8) is 0 Å². The summed E-state index contributed by atoms with van der Waals surface area (Å²) in [5, 5.41) is 2.28. The van der Waals surface area contributed by atoms with Crippen LogP contribution < -0.4 is 14.0 Å². The standard InChI is InChI=1S/C22H20N2O3/c1-14-22-19(18-9-8-17(27-3)12-20(18)23-22)10-11-24(14)13-21(25)15-4-6-16(26-2)7-5-15/h4-12H,13H2,1-3H3/p+1. The lowest BCUT2D eigenvalue weighted by molar-refractivity contribution is -0.687. The van der Waals surface area contributed by atoms with Crippen molar-refractivity contribution in [2.45, 2.75) is 13.5 Å². The number of pyridine rings is 1. The minimum Gasteiger partial charge on any atom is -0.497 e. The van der Waals surface area contributed by atoms with Crippen molar-refractivity contribution >= 4 is 27.6 Å². The van der Waals surface area contributed by atoms with E-state index in [0.29, 0.717) is 5.56 Å². The minimum atomic E-state index is 0.0582. The monoisotopic (exact) mass is 361 g/mol. The van der Waals surface area contributed by atoms with Gasteiger partial charge in [-0.15, -0.1) is 0 Å². The van der Waals surface area contributed by atoms with Crippen LogP contribution in [0.15, 0.2) is 54.7 Å².